The lowest BCUT2D eigenvalue weighted by Crippen LogP contribution is -2.52. The predicted molar refractivity (Wildman–Crippen MR) is 81.8 cm³/mol. The number of carbonyl (C=O) groups is 3. The van der Waals surface area contributed by atoms with Gasteiger partial charge in [0.1, 0.15) is 6.04 Å². The minimum absolute atomic E-state index is 0.213. The molecule has 2 aliphatic heterocycles. The molecule has 22 heavy (non-hydrogen) atoms. The number of hydrogen-bond donors (Lipinski definition) is 1. The fourth-order valence-corrected chi connectivity index (χ4v) is 3.22. The second-order valence-corrected chi connectivity index (χ2v) is 6.18. The van der Waals surface area contributed by atoms with Crippen LogP contribution in [0, 0.1) is 0 Å². The molecule has 0 spiro atoms. The number of imide groups is 1. The first-order chi connectivity index (χ1) is 10.4. The number of halogens is 1. The number of rotatable bonds is 2. The highest BCUT2D eigenvalue weighted by atomic mass is 35.5. The van der Waals surface area contributed by atoms with Gasteiger partial charge in [-0.25, -0.2) is 0 Å². The van der Waals surface area contributed by atoms with Crippen molar-refractivity contribution in [3.05, 3.63) is 28.3 Å². The molecule has 7 heteroatoms. The van der Waals surface area contributed by atoms with Crippen LogP contribution in [0.5, 0.6) is 0 Å². The summed E-state index contributed by atoms with van der Waals surface area (Å²) < 4.78 is 0. The summed E-state index contributed by atoms with van der Waals surface area (Å²) in [6, 6.07) is 2.84. The zero-order valence-electron chi connectivity index (χ0n) is 12.4. The van der Waals surface area contributed by atoms with Crippen molar-refractivity contribution >= 4 is 35.0 Å². The third kappa shape index (κ3) is 2.33. The van der Waals surface area contributed by atoms with Gasteiger partial charge in [0.15, 0.2) is 0 Å². The summed E-state index contributed by atoms with van der Waals surface area (Å²) in [5.74, 6) is -0.910. The van der Waals surface area contributed by atoms with Crippen LogP contribution in [0.3, 0.4) is 0 Å². The van der Waals surface area contributed by atoms with E-state index in [1.807, 2.05) is 25.1 Å². The Labute approximate surface area is 133 Å². The Hall–Kier alpha value is -2.08. The van der Waals surface area contributed by atoms with Crippen molar-refractivity contribution in [2.75, 3.05) is 19.0 Å². The number of hydrogen-bond acceptors (Lipinski definition) is 4. The Balaban J connectivity index is 1.96. The maximum absolute atomic E-state index is 12.6. The molecule has 6 nitrogen and oxygen atoms in total. The molecular weight excluding hydrogens is 306 g/mol. The van der Waals surface area contributed by atoms with Crippen molar-refractivity contribution in [2.24, 2.45) is 0 Å². The summed E-state index contributed by atoms with van der Waals surface area (Å²) in [5, 5.41) is 2.78. The van der Waals surface area contributed by atoms with Crippen LogP contribution in [0.15, 0.2) is 12.1 Å². The molecule has 0 aliphatic carbocycles. The third-order valence-electron chi connectivity index (χ3n) is 4.08. The summed E-state index contributed by atoms with van der Waals surface area (Å²) in [6.45, 7) is 0.352. The van der Waals surface area contributed by atoms with E-state index in [2.05, 4.69) is 5.32 Å². The van der Waals surface area contributed by atoms with Crippen molar-refractivity contribution in [2.45, 2.75) is 25.4 Å². The Bertz CT molecular complexity index is 687. The van der Waals surface area contributed by atoms with E-state index in [1.54, 1.807) is 6.07 Å². The molecule has 1 aromatic carbocycles. The lowest BCUT2D eigenvalue weighted by Gasteiger charge is -2.29. The van der Waals surface area contributed by atoms with Crippen LogP contribution in [0.2, 0.25) is 5.02 Å². The van der Waals surface area contributed by atoms with Gasteiger partial charge in [0.2, 0.25) is 11.8 Å². The highest BCUT2D eigenvalue weighted by Crippen LogP contribution is 2.35. The number of nitrogens with zero attached hydrogens (tertiary/aromatic N) is 2. The molecule has 3 rings (SSSR count). The number of amides is 3. The monoisotopic (exact) mass is 321 g/mol. The van der Waals surface area contributed by atoms with E-state index in [4.69, 9.17) is 11.6 Å². The van der Waals surface area contributed by atoms with Crippen LogP contribution in [0.4, 0.5) is 5.69 Å². The number of nitrogens with one attached hydrogen (secondary N) is 1. The van der Waals surface area contributed by atoms with E-state index in [1.165, 1.54) is 4.90 Å². The molecule has 0 bridgehead atoms. The smallest absolute Gasteiger partial charge is 0.255 e. The number of anilines is 1. The van der Waals surface area contributed by atoms with Crippen molar-refractivity contribution < 1.29 is 14.4 Å². The first-order valence-electron chi connectivity index (χ1n) is 7.03. The number of fused-ring (bicyclic) bond motifs is 1. The molecular formula is C15H16ClN3O3. The van der Waals surface area contributed by atoms with Gasteiger partial charge in [0.05, 0.1) is 0 Å². The lowest BCUT2D eigenvalue weighted by atomic mass is 10.0. The first kappa shape index (κ1) is 14.8. The van der Waals surface area contributed by atoms with Crippen LogP contribution in [0.1, 0.15) is 28.8 Å². The van der Waals surface area contributed by atoms with Crippen molar-refractivity contribution in [1.82, 2.24) is 10.2 Å². The summed E-state index contributed by atoms with van der Waals surface area (Å²) in [4.78, 5) is 39.3. The Morgan fingerprint density at radius 1 is 1.27 bits per heavy atom. The molecule has 1 N–H and O–H groups in total. The van der Waals surface area contributed by atoms with Gasteiger partial charge in [-0.1, -0.05) is 11.6 Å². The number of carbonyl (C=O) groups excluding carboxylic acids is 3. The van der Waals surface area contributed by atoms with Gasteiger partial charge in [-0.05, 0) is 18.6 Å². The molecule has 3 amide bonds. The van der Waals surface area contributed by atoms with Crippen LogP contribution >= 0.6 is 11.6 Å². The molecule has 1 atom stereocenters. The first-order valence-corrected chi connectivity index (χ1v) is 7.40. The van der Waals surface area contributed by atoms with E-state index in [9.17, 15) is 14.4 Å². The van der Waals surface area contributed by atoms with E-state index >= 15 is 0 Å². The molecule has 0 aromatic heterocycles. The lowest BCUT2D eigenvalue weighted by molar-refractivity contribution is -0.136. The molecule has 2 aliphatic rings. The van der Waals surface area contributed by atoms with Crippen molar-refractivity contribution in [1.29, 1.82) is 0 Å². The second-order valence-electron chi connectivity index (χ2n) is 5.75. The molecule has 2 heterocycles. The number of piperidine rings is 1. The standard InChI is InChI=1S/C15H16ClN3O3/c1-18(2)12-6-8(16)5-9-10(12)7-19(15(9)22)11-3-4-13(20)17-14(11)21/h5-6,11H,3-4,7H2,1-2H3,(H,17,20,21). The van der Waals surface area contributed by atoms with Gasteiger partial charge in [-0.3, -0.25) is 19.7 Å². The van der Waals surface area contributed by atoms with Crippen LogP contribution in [0.25, 0.3) is 0 Å². The van der Waals surface area contributed by atoms with Crippen molar-refractivity contribution in [3.63, 3.8) is 0 Å². The molecule has 1 saturated heterocycles. The minimum Gasteiger partial charge on any atom is -0.377 e. The van der Waals surface area contributed by atoms with Gasteiger partial charge in [-0.2, -0.15) is 0 Å². The van der Waals surface area contributed by atoms with Crippen molar-refractivity contribution in [3.8, 4) is 0 Å². The fraction of sp³-hybridized carbons (Fsp3) is 0.400. The van der Waals surface area contributed by atoms with Gasteiger partial charge in [0, 0.05) is 48.9 Å². The maximum atomic E-state index is 12.6. The average molecular weight is 322 g/mol. The maximum Gasteiger partial charge on any atom is 0.255 e. The third-order valence-corrected chi connectivity index (χ3v) is 4.30. The second kappa shape index (κ2) is 5.28. The zero-order valence-corrected chi connectivity index (χ0v) is 13.1. The highest BCUT2D eigenvalue weighted by molar-refractivity contribution is 6.31. The van der Waals surface area contributed by atoms with E-state index < -0.39 is 11.9 Å². The molecule has 1 aromatic rings. The Morgan fingerprint density at radius 2 is 2.00 bits per heavy atom. The Morgan fingerprint density at radius 3 is 2.64 bits per heavy atom. The normalized spacial score (nSPS) is 21.0. The van der Waals surface area contributed by atoms with E-state index in [-0.39, 0.29) is 18.2 Å². The SMILES string of the molecule is CN(C)c1cc(Cl)cc2c1CN(C1CCC(=O)NC1=O)C2=O. The topological polar surface area (TPSA) is 69.7 Å². The van der Waals surface area contributed by atoms with Gasteiger partial charge in [0.25, 0.3) is 5.91 Å². The molecule has 1 fully saturated rings. The van der Waals surface area contributed by atoms with Crippen LogP contribution < -0.4 is 10.2 Å². The molecule has 0 radical (unpaired) electrons. The summed E-state index contributed by atoms with van der Waals surface area (Å²) in [7, 11) is 3.76. The van der Waals surface area contributed by atoms with E-state index in [0.717, 1.165) is 11.3 Å². The highest BCUT2D eigenvalue weighted by Gasteiger charge is 2.40. The summed E-state index contributed by atoms with van der Waals surface area (Å²) in [5.41, 5.74) is 2.26. The number of benzene rings is 1. The van der Waals surface area contributed by atoms with Crippen LogP contribution in [-0.2, 0) is 16.1 Å². The fourth-order valence-electron chi connectivity index (χ4n) is 3.01. The van der Waals surface area contributed by atoms with Gasteiger partial charge >= 0.3 is 0 Å². The molecule has 116 valence electrons. The average Bonchev–Trinajstić information content (AvgIpc) is 2.75. The summed E-state index contributed by atoms with van der Waals surface area (Å²) in [6.07, 6.45) is 0.604. The largest absolute Gasteiger partial charge is 0.377 e. The quantitative estimate of drug-likeness (QED) is 0.830. The van der Waals surface area contributed by atoms with Crippen LogP contribution in [-0.4, -0.2) is 42.8 Å². The van der Waals surface area contributed by atoms with Gasteiger partial charge in [-0.15, -0.1) is 0 Å². The molecule has 0 saturated carbocycles. The van der Waals surface area contributed by atoms with Gasteiger partial charge < -0.3 is 9.80 Å². The molecule has 1 unspecified atom stereocenters. The van der Waals surface area contributed by atoms with E-state index in [0.29, 0.717) is 23.6 Å². The minimum atomic E-state index is -0.605. The summed E-state index contributed by atoms with van der Waals surface area (Å²) >= 11 is 6.10. The Kier molecular flexibility index (Phi) is 3.56. The predicted octanol–water partition coefficient (Wildman–Crippen LogP) is 1.17. The zero-order chi connectivity index (χ0) is 16.0.